The molecule has 150 valence electrons. The van der Waals surface area contributed by atoms with Crippen LogP contribution in [-0.4, -0.2) is 47.2 Å². The van der Waals surface area contributed by atoms with Crippen molar-refractivity contribution in [2.75, 3.05) is 32.2 Å². The number of esters is 1. The number of rotatable bonds is 8. The molecule has 0 atom stereocenters. The summed E-state index contributed by atoms with van der Waals surface area (Å²) >= 11 is 0. The normalized spacial score (nSPS) is 10.8. The summed E-state index contributed by atoms with van der Waals surface area (Å²) in [7, 11) is -0.356. The Morgan fingerprint density at radius 3 is 2.21 bits per heavy atom. The van der Waals surface area contributed by atoms with Crippen molar-refractivity contribution in [1.29, 1.82) is 0 Å². The quantitative estimate of drug-likeness (QED) is 0.367. The fraction of sp³-hybridized carbons (Fsp3) is 0.235. The molecule has 28 heavy (non-hydrogen) atoms. The lowest BCUT2D eigenvalue weighted by atomic mass is 10.2. The molecular weight excluding hydrogens is 392 g/mol. The molecule has 0 amide bonds. The molecule has 11 heteroatoms. The van der Waals surface area contributed by atoms with Gasteiger partial charge in [0.1, 0.15) is 18.0 Å². The summed E-state index contributed by atoms with van der Waals surface area (Å²) in [5, 5.41) is 10.8. The van der Waals surface area contributed by atoms with E-state index < -0.39 is 27.5 Å². The molecule has 0 heterocycles. The number of sulfonamides is 1. The first-order valence-electron chi connectivity index (χ1n) is 7.80. The Labute approximate surface area is 161 Å². The zero-order valence-corrected chi connectivity index (χ0v) is 16.1. The average Bonchev–Trinajstić information content (AvgIpc) is 2.71. The maximum absolute atomic E-state index is 13.1. The highest BCUT2D eigenvalue weighted by Gasteiger charge is 2.30. The number of nitro groups is 1. The molecule has 0 bridgehead atoms. The van der Waals surface area contributed by atoms with Gasteiger partial charge in [0.15, 0.2) is 0 Å². The maximum atomic E-state index is 13.1. The van der Waals surface area contributed by atoms with Gasteiger partial charge in [-0.2, -0.15) is 0 Å². The smallest absolute Gasteiger partial charge is 0.326 e. The predicted octanol–water partition coefficient (Wildman–Crippen LogP) is 1.98. The monoisotopic (exact) mass is 410 g/mol. The minimum absolute atomic E-state index is 0.0760. The molecule has 0 saturated heterocycles. The third-order valence-corrected chi connectivity index (χ3v) is 5.57. The fourth-order valence-electron chi connectivity index (χ4n) is 2.34. The zero-order chi connectivity index (χ0) is 20.9. The second-order valence-electron chi connectivity index (χ2n) is 5.38. The molecule has 0 radical (unpaired) electrons. The number of nitrogens with zero attached hydrogens (tertiary/aromatic N) is 2. The summed E-state index contributed by atoms with van der Waals surface area (Å²) in [4.78, 5) is 21.8. The zero-order valence-electron chi connectivity index (χ0n) is 15.3. The molecule has 0 unspecified atom stereocenters. The molecule has 2 aromatic rings. The van der Waals surface area contributed by atoms with Gasteiger partial charge in [-0.15, -0.1) is 0 Å². The van der Waals surface area contributed by atoms with Gasteiger partial charge in [-0.05, 0) is 24.3 Å². The first-order valence-corrected chi connectivity index (χ1v) is 9.24. The van der Waals surface area contributed by atoms with Gasteiger partial charge in [-0.1, -0.05) is 0 Å². The first kappa shape index (κ1) is 21.0. The number of anilines is 1. The van der Waals surface area contributed by atoms with Crippen molar-refractivity contribution in [2.24, 2.45) is 0 Å². The van der Waals surface area contributed by atoms with E-state index in [2.05, 4.69) is 4.74 Å². The number of nitro benzene ring substituents is 1. The molecule has 0 aliphatic carbocycles. The third kappa shape index (κ3) is 4.31. The van der Waals surface area contributed by atoms with E-state index in [4.69, 9.17) is 9.47 Å². The van der Waals surface area contributed by atoms with Crippen LogP contribution >= 0.6 is 0 Å². The van der Waals surface area contributed by atoms with Gasteiger partial charge >= 0.3 is 5.97 Å². The summed E-state index contributed by atoms with van der Waals surface area (Å²) in [6.45, 7) is -0.626. The number of ether oxygens (including phenoxy) is 3. The van der Waals surface area contributed by atoms with Crippen molar-refractivity contribution in [3.8, 4) is 11.5 Å². The Bertz CT molecular complexity index is 973. The number of hydrogen-bond donors (Lipinski definition) is 0. The van der Waals surface area contributed by atoms with Crippen LogP contribution in [-0.2, 0) is 19.6 Å². The minimum Gasteiger partial charge on any atom is -0.497 e. The van der Waals surface area contributed by atoms with E-state index in [1.54, 1.807) is 0 Å². The van der Waals surface area contributed by atoms with Crippen LogP contribution in [0.25, 0.3) is 0 Å². The second-order valence-corrected chi connectivity index (χ2v) is 7.24. The second kappa shape index (κ2) is 8.57. The molecule has 2 rings (SSSR count). The molecule has 0 aliphatic heterocycles. The Kier molecular flexibility index (Phi) is 6.41. The number of hydrogen-bond acceptors (Lipinski definition) is 8. The van der Waals surface area contributed by atoms with Crippen molar-refractivity contribution in [1.82, 2.24) is 0 Å². The van der Waals surface area contributed by atoms with E-state index in [0.29, 0.717) is 5.75 Å². The molecule has 2 aromatic carbocycles. The Morgan fingerprint density at radius 1 is 1.07 bits per heavy atom. The van der Waals surface area contributed by atoms with E-state index in [-0.39, 0.29) is 22.0 Å². The van der Waals surface area contributed by atoms with E-state index in [0.717, 1.165) is 35.7 Å². The summed E-state index contributed by atoms with van der Waals surface area (Å²) in [5.41, 5.74) is -0.187. The van der Waals surface area contributed by atoms with Crippen molar-refractivity contribution in [3.63, 3.8) is 0 Å². The largest absolute Gasteiger partial charge is 0.497 e. The molecule has 0 aromatic heterocycles. The molecular formula is C17H18N2O8S. The molecule has 0 fully saturated rings. The maximum Gasteiger partial charge on any atom is 0.326 e. The lowest BCUT2D eigenvalue weighted by Crippen LogP contribution is -2.36. The van der Waals surface area contributed by atoms with Gasteiger partial charge in [0, 0.05) is 18.2 Å². The van der Waals surface area contributed by atoms with Gasteiger partial charge in [0.05, 0.1) is 36.8 Å². The van der Waals surface area contributed by atoms with Gasteiger partial charge in [-0.25, -0.2) is 8.42 Å². The lowest BCUT2D eigenvalue weighted by Gasteiger charge is -2.25. The van der Waals surface area contributed by atoms with Crippen LogP contribution < -0.4 is 13.8 Å². The minimum atomic E-state index is -4.26. The molecule has 0 spiro atoms. The van der Waals surface area contributed by atoms with Crippen LogP contribution in [0.4, 0.5) is 11.4 Å². The van der Waals surface area contributed by atoms with Gasteiger partial charge in [0.2, 0.25) is 0 Å². The molecule has 0 saturated carbocycles. The van der Waals surface area contributed by atoms with Crippen LogP contribution in [0.5, 0.6) is 11.5 Å². The summed E-state index contributed by atoms with van der Waals surface area (Å²) in [6, 6.07) is 8.70. The first-order chi connectivity index (χ1) is 13.2. The highest BCUT2D eigenvalue weighted by molar-refractivity contribution is 7.92. The number of carbonyl (C=O) groups is 1. The van der Waals surface area contributed by atoms with E-state index >= 15 is 0 Å². The number of non-ortho nitro benzene ring substituents is 1. The lowest BCUT2D eigenvalue weighted by molar-refractivity contribution is -0.384. The standard InChI is InChI=1S/C17H18N2O8S/c1-25-13-6-9-15(16(10-13)26-2)18(11-17(20)27-3)28(23,24)14-7-4-12(5-8-14)19(21)22/h4-10H,11H2,1-3H3. The summed E-state index contributed by atoms with van der Waals surface area (Å²) in [6.07, 6.45) is 0. The summed E-state index contributed by atoms with van der Waals surface area (Å²) < 4.78 is 42.0. The van der Waals surface area contributed by atoms with Gasteiger partial charge < -0.3 is 14.2 Å². The molecule has 10 nitrogen and oxygen atoms in total. The fourth-order valence-corrected chi connectivity index (χ4v) is 3.76. The van der Waals surface area contributed by atoms with Crippen molar-refractivity contribution in [3.05, 3.63) is 52.6 Å². The van der Waals surface area contributed by atoms with Gasteiger partial charge in [0.25, 0.3) is 15.7 Å². The average molecular weight is 410 g/mol. The topological polar surface area (TPSA) is 125 Å². The highest BCUT2D eigenvalue weighted by atomic mass is 32.2. The number of carbonyl (C=O) groups excluding carboxylic acids is 1. The third-order valence-electron chi connectivity index (χ3n) is 3.79. The summed E-state index contributed by atoms with van der Waals surface area (Å²) in [5.74, 6) is -0.233. The predicted molar refractivity (Wildman–Crippen MR) is 99.2 cm³/mol. The molecule has 0 N–H and O–H groups in total. The Hall–Kier alpha value is -3.34. The Balaban J connectivity index is 2.59. The van der Waals surface area contributed by atoms with Crippen LogP contribution in [0.3, 0.4) is 0 Å². The van der Waals surface area contributed by atoms with Crippen LogP contribution in [0.1, 0.15) is 0 Å². The van der Waals surface area contributed by atoms with Crippen molar-refractivity contribution < 1.29 is 32.3 Å². The number of methoxy groups -OCH3 is 3. The van der Waals surface area contributed by atoms with Crippen LogP contribution in [0.2, 0.25) is 0 Å². The van der Waals surface area contributed by atoms with Gasteiger partial charge in [-0.3, -0.25) is 19.2 Å². The molecule has 0 aliphatic rings. The number of benzene rings is 2. The van der Waals surface area contributed by atoms with Crippen molar-refractivity contribution in [2.45, 2.75) is 4.90 Å². The Morgan fingerprint density at radius 2 is 1.71 bits per heavy atom. The van der Waals surface area contributed by atoms with E-state index in [1.807, 2.05) is 0 Å². The van der Waals surface area contributed by atoms with E-state index in [1.165, 1.54) is 32.4 Å². The SMILES string of the molecule is COC(=O)CN(c1ccc(OC)cc1OC)S(=O)(=O)c1ccc([N+](=O)[O-])cc1. The highest BCUT2D eigenvalue weighted by Crippen LogP contribution is 2.35. The van der Waals surface area contributed by atoms with Crippen molar-refractivity contribution >= 4 is 27.4 Å². The van der Waals surface area contributed by atoms with Crippen LogP contribution in [0, 0.1) is 10.1 Å². The van der Waals surface area contributed by atoms with Crippen LogP contribution in [0.15, 0.2) is 47.4 Å². The van der Waals surface area contributed by atoms with E-state index in [9.17, 15) is 23.3 Å².